The predicted octanol–water partition coefficient (Wildman–Crippen LogP) is 2.99. The third-order valence-corrected chi connectivity index (χ3v) is 8.21. The van der Waals surface area contributed by atoms with Crippen LogP contribution in [0, 0.1) is 22.7 Å². The summed E-state index contributed by atoms with van der Waals surface area (Å²) in [5.41, 5.74) is -2.05. The average Bonchev–Trinajstić information content (AvgIpc) is 3.08. The molecule has 9 heteroatoms. The first kappa shape index (κ1) is 28.3. The Hall–Kier alpha value is -2.26. The highest BCUT2D eigenvalue weighted by Crippen LogP contribution is 2.63. The number of rotatable bonds is 11. The van der Waals surface area contributed by atoms with Crippen molar-refractivity contribution in [1.82, 2.24) is 0 Å². The Balaban J connectivity index is 1.81. The lowest BCUT2D eigenvalue weighted by Crippen LogP contribution is -2.65. The van der Waals surface area contributed by atoms with Crippen molar-refractivity contribution >= 4 is 24.2 Å². The lowest BCUT2D eigenvalue weighted by Gasteiger charge is -2.56. The van der Waals surface area contributed by atoms with Gasteiger partial charge in [0.15, 0.2) is 6.10 Å². The molecular formula is C27H40O9. The number of aliphatic hydroxyl groups is 2. The maximum Gasteiger partial charge on any atom is 0.347 e. The van der Waals surface area contributed by atoms with Crippen LogP contribution in [0.1, 0.15) is 85.5 Å². The summed E-state index contributed by atoms with van der Waals surface area (Å²) in [5, 5.41) is 22.1. The number of cyclic esters (lactones) is 1. The second kappa shape index (κ2) is 11.4. The average molecular weight is 509 g/mol. The maximum absolute atomic E-state index is 13.2. The minimum Gasteiger partial charge on any atom is -0.457 e. The largest absolute Gasteiger partial charge is 0.457 e. The third-order valence-electron chi connectivity index (χ3n) is 8.21. The molecule has 2 aliphatic carbocycles. The minimum atomic E-state index is -1.63. The quantitative estimate of drug-likeness (QED) is 0.187. The van der Waals surface area contributed by atoms with Gasteiger partial charge in [0, 0.05) is 6.92 Å². The smallest absolute Gasteiger partial charge is 0.347 e. The second-order valence-electron chi connectivity index (χ2n) is 11.1. The van der Waals surface area contributed by atoms with Gasteiger partial charge >= 0.3 is 17.9 Å². The number of hydrogen-bond donors (Lipinski definition) is 2. The van der Waals surface area contributed by atoms with Crippen LogP contribution in [-0.2, 0) is 33.4 Å². The van der Waals surface area contributed by atoms with E-state index in [0.717, 1.165) is 32.1 Å². The summed E-state index contributed by atoms with van der Waals surface area (Å²) in [6.45, 7) is 7.16. The van der Waals surface area contributed by atoms with Gasteiger partial charge in [-0.3, -0.25) is 14.4 Å². The summed E-state index contributed by atoms with van der Waals surface area (Å²) in [6, 6.07) is 0. The fourth-order valence-corrected chi connectivity index (χ4v) is 6.56. The number of ether oxygens (including phenoxy) is 3. The normalized spacial score (nSPS) is 33.4. The zero-order valence-electron chi connectivity index (χ0n) is 21.7. The number of unbranched alkanes of at least 4 members (excludes halogenated alkanes) is 5. The highest BCUT2D eigenvalue weighted by atomic mass is 16.6. The van der Waals surface area contributed by atoms with Crippen LogP contribution in [0.5, 0.6) is 0 Å². The Bertz CT molecular complexity index is 878. The lowest BCUT2D eigenvalue weighted by molar-refractivity contribution is -0.212. The molecule has 7 atom stereocenters. The second-order valence-corrected chi connectivity index (χ2v) is 11.1. The molecule has 9 nitrogen and oxygen atoms in total. The van der Waals surface area contributed by atoms with Gasteiger partial charge in [0.05, 0.1) is 5.92 Å². The lowest BCUT2D eigenvalue weighted by atomic mass is 9.46. The number of hydrogen-bond acceptors (Lipinski definition) is 9. The summed E-state index contributed by atoms with van der Waals surface area (Å²) >= 11 is 0. The first-order valence-corrected chi connectivity index (χ1v) is 13.1. The fraction of sp³-hybridized carbons (Fsp3) is 0.778. The summed E-state index contributed by atoms with van der Waals surface area (Å²) in [5.74, 6) is -3.70. The first-order chi connectivity index (χ1) is 17.0. The highest BCUT2D eigenvalue weighted by Gasteiger charge is 2.73. The Morgan fingerprint density at radius 3 is 2.50 bits per heavy atom. The molecule has 0 aromatic rings. The van der Waals surface area contributed by atoms with Crippen molar-refractivity contribution < 1.29 is 43.6 Å². The summed E-state index contributed by atoms with van der Waals surface area (Å²) < 4.78 is 16.1. The molecule has 36 heavy (non-hydrogen) atoms. The molecule has 202 valence electrons. The van der Waals surface area contributed by atoms with Crippen LogP contribution in [-0.4, -0.2) is 59.0 Å². The zero-order chi connectivity index (χ0) is 26.7. The van der Waals surface area contributed by atoms with Crippen LogP contribution < -0.4 is 0 Å². The Morgan fingerprint density at radius 1 is 1.19 bits per heavy atom. The Morgan fingerprint density at radius 2 is 1.86 bits per heavy atom. The van der Waals surface area contributed by atoms with Gasteiger partial charge in [0.25, 0.3) is 0 Å². The molecule has 0 unspecified atom stereocenters. The van der Waals surface area contributed by atoms with E-state index in [-0.39, 0.29) is 12.0 Å². The van der Waals surface area contributed by atoms with Crippen molar-refractivity contribution in [2.24, 2.45) is 22.7 Å². The van der Waals surface area contributed by atoms with Gasteiger partial charge in [-0.25, -0.2) is 4.79 Å². The molecule has 0 radical (unpaired) electrons. The number of aliphatic hydroxyl groups excluding tert-OH is 2. The molecule has 0 amide bonds. The molecular weight excluding hydrogens is 468 g/mol. The molecule has 1 aliphatic heterocycles. The number of carbonyl (C=O) groups is 4. The van der Waals surface area contributed by atoms with Crippen LogP contribution in [0.4, 0.5) is 0 Å². The summed E-state index contributed by atoms with van der Waals surface area (Å²) in [4.78, 5) is 49.8. The van der Waals surface area contributed by atoms with Gasteiger partial charge in [-0.2, -0.15) is 0 Å². The Labute approximate surface area is 212 Å². The zero-order valence-corrected chi connectivity index (χ0v) is 21.7. The molecule has 0 aromatic heterocycles. The number of aldehydes is 1. The molecule has 0 aromatic carbocycles. The van der Waals surface area contributed by atoms with E-state index < -0.39 is 65.2 Å². The molecule has 2 fully saturated rings. The van der Waals surface area contributed by atoms with E-state index in [1.807, 2.05) is 13.8 Å². The standard InChI is InChI=1S/C27H40O9/c1-5-6-7-8-9-10-11-18(34-16(2)29)23(31)35-19-14-26(3,4)20-13-12-17(15-28)21-24(32)36-25(33)27(20,21)22(19)30/h12,15,18-22,24,30,32H,5-11,13-14H2,1-4H3/t18-,19+,20-,21-,22+,24+,27-/m1/s1. The topological polar surface area (TPSA) is 136 Å². The van der Waals surface area contributed by atoms with Crippen molar-refractivity contribution in [3.05, 3.63) is 11.6 Å². The molecule has 2 N–H and O–H groups in total. The van der Waals surface area contributed by atoms with Crippen LogP contribution in [0.15, 0.2) is 11.6 Å². The number of carbonyl (C=O) groups excluding carboxylic acids is 4. The summed E-state index contributed by atoms with van der Waals surface area (Å²) in [7, 11) is 0. The predicted molar refractivity (Wildman–Crippen MR) is 128 cm³/mol. The van der Waals surface area contributed by atoms with Crippen molar-refractivity contribution in [1.29, 1.82) is 0 Å². The minimum absolute atomic E-state index is 0.187. The van der Waals surface area contributed by atoms with E-state index in [1.54, 1.807) is 6.08 Å². The van der Waals surface area contributed by atoms with Gasteiger partial charge in [-0.1, -0.05) is 59.0 Å². The van der Waals surface area contributed by atoms with Crippen molar-refractivity contribution in [3.63, 3.8) is 0 Å². The van der Waals surface area contributed by atoms with Crippen LogP contribution in [0.2, 0.25) is 0 Å². The number of esters is 3. The molecule has 1 saturated carbocycles. The maximum atomic E-state index is 13.2. The van der Waals surface area contributed by atoms with Gasteiger partial charge in [-0.15, -0.1) is 0 Å². The van der Waals surface area contributed by atoms with Crippen molar-refractivity contribution in [2.45, 2.75) is 110 Å². The molecule has 3 rings (SSSR count). The monoisotopic (exact) mass is 508 g/mol. The van der Waals surface area contributed by atoms with Crippen LogP contribution in [0.3, 0.4) is 0 Å². The molecule has 1 heterocycles. The van der Waals surface area contributed by atoms with E-state index >= 15 is 0 Å². The van der Waals surface area contributed by atoms with E-state index in [9.17, 15) is 29.4 Å². The highest BCUT2D eigenvalue weighted by molar-refractivity contribution is 5.87. The van der Waals surface area contributed by atoms with E-state index in [2.05, 4.69) is 6.92 Å². The third kappa shape index (κ3) is 5.23. The van der Waals surface area contributed by atoms with Gasteiger partial charge in [-0.05, 0) is 42.6 Å². The first-order valence-electron chi connectivity index (χ1n) is 13.1. The Kier molecular flexibility index (Phi) is 8.98. The van der Waals surface area contributed by atoms with E-state index in [1.165, 1.54) is 6.92 Å². The SMILES string of the molecule is CCCCCCCC[C@@H](OC(C)=O)C(=O)O[C@H]1CC(C)(C)[C@H]2CC=C(C=O)[C@@H]3[C@@H](O)OC(=O)[C@@]32[C@H]1O. The van der Waals surface area contributed by atoms with Gasteiger partial charge in [0.1, 0.15) is 23.9 Å². The molecule has 3 aliphatic rings. The van der Waals surface area contributed by atoms with Crippen LogP contribution >= 0.6 is 0 Å². The summed E-state index contributed by atoms with van der Waals surface area (Å²) in [6.07, 6.45) is 3.77. The van der Waals surface area contributed by atoms with E-state index in [4.69, 9.17) is 14.2 Å². The molecule has 0 bridgehead atoms. The fourth-order valence-electron chi connectivity index (χ4n) is 6.56. The van der Waals surface area contributed by atoms with Crippen molar-refractivity contribution in [2.75, 3.05) is 0 Å². The van der Waals surface area contributed by atoms with Gasteiger partial charge in [0.2, 0.25) is 6.29 Å². The van der Waals surface area contributed by atoms with Crippen molar-refractivity contribution in [3.8, 4) is 0 Å². The molecule has 1 spiro atoms. The van der Waals surface area contributed by atoms with Crippen LogP contribution in [0.25, 0.3) is 0 Å². The number of allylic oxidation sites excluding steroid dienone is 1. The van der Waals surface area contributed by atoms with Gasteiger partial charge < -0.3 is 24.4 Å². The molecule has 1 saturated heterocycles. The van der Waals surface area contributed by atoms with E-state index in [0.29, 0.717) is 25.5 Å².